The smallest absolute Gasteiger partial charge is 0.247 e. The van der Waals surface area contributed by atoms with Gasteiger partial charge >= 0.3 is 0 Å². The Morgan fingerprint density at radius 3 is 2.23 bits per heavy atom. The minimum absolute atomic E-state index is 0.0765. The summed E-state index contributed by atoms with van der Waals surface area (Å²) in [6.07, 6.45) is 1.61. The summed E-state index contributed by atoms with van der Waals surface area (Å²) in [5, 5.41) is 3.45. The lowest BCUT2D eigenvalue weighted by molar-refractivity contribution is -0.141. The quantitative estimate of drug-likeness (QED) is 0.327. The maximum Gasteiger partial charge on any atom is 0.247 e. The van der Waals surface area contributed by atoms with Gasteiger partial charge in [0.1, 0.15) is 17.6 Å². The number of furan rings is 1. The lowest BCUT2D eigenvalue weighted by atomic mass is 10.0. The average Bonchev–Trinajstić information content (AvgIpc) is 3.39. The molecule has 5 nitrogen and oxygen atoms in total. The summed E-state index contributed by atoms with van der Waals surface area (Å²) in [7, 11) is 0. The van der Waals surface area contributed by atoms with E-state index in [4.69, 9.17) is 16.0 Å². The summed E-state index contributed by atoms with van der Waals surface area (Å²) in [6.45, 7) is 0.311. The van der Waals surface area contributed by atoms with Gasteiger partial charge in [0.05, 0.1) is 19.2 Å². The zero-order valence-electron chi connectivity index (χ0n) is 18.9. The number of nitrogens with zero attached hydrogens (tertiary/aromatic N) is 1. The monoisotopic (exact) mass is 490 g/mol. The Bertz CT molecular complexity index is 1240. The number of halogens is 2. The highest BCUT2D eigenvalue weighted by molar-refractivity contribution is 6.30. The fourth-order valence-electron chi connectivity index (χ4n) is 3.78. The minimum atomic E-state index is -0.906. The molecule has 0 bridgehead atoms. The van der Waals surface area contributed by atoms with Crippen LogP contribution in [0.4, 0.5) is 4.39 Å². The third-order valence-electron chi connectivity index (χ3n) is 5.55. The molecule has 0 saturated carbocycles. The molecule has 1 atom stereocenters. The summed E-state index contributed by atoms with van der Waals surface area (Å²) >= 11 is 5.99. The molecule has 1 aromatic heterocycles. The van der Waals surface area contributed by atoms with Gasteiger partial charge < -0.3 is 14.6 Å². The predicted molar refractivity (Wildman–Crippen MR) is 132 cm³/mol. The van der Waals surface area contributed by atoms with E-state index in [1.165, 1.54) is 23.3 Å². The van der Waals surface area contributed by atoms with E-state index in [0.29, 0.717) is 21.9 Å². The van der Waals surface area contributed by atoms with Gasteiger partial charge in [-0.1, -0.05) is 66.2 Å². The molecule has 0 aliphatic rings. The van der Waals surface area contributed by atoms with Gasteiger partial charge in [0.15, 0.2) is 0 Å². The summed E-state index contributed by atoms with van der Waals surface area (Å²) < 4.78 is 18.9. The van der Waals surface area contributed by atoms with Crippen LogP contribution in [0.2, 0.25) is 5.02 Å². The van der Waals surface area contributed by atoms with Crippen molar-refractivity contribution in [3.8, 4) is 0 Å². The van der Waals surface area contributed by atoms with Crippen LogP contribution in [0.5, 0.6) is 0 Å². The number of nitrogens with one attached hydrogen (secondary N) is 1. The van der Waals surface area contributed by atoms with E-state index in [1.807, 2.05) is 30.3 Å². The van der Waals surface area contributed by atoms with Crippen LogP contribution in [0.3, 0.4) is 0 Å². The highest BCUT2D eigenvalue weighted by Gasteiger charge is 2.31. The lowest BCUT2D eigenvalue weighted by Gasteiger charge is -2.31. The Morgan fingerprint density at radius 1 is 0.886 bits per heavy atom. The molecule has 4 rings (SSSR count). The number of hydrogen-bond donors (Lipinski definition) is 1. The molecule has 0 saturated heterocycles. The average molecular weight is 491 g/mol. The van der Waals surface area contributed by atoms with Gasteiger partial charge in [-0.3, -0.25) is 9.59 Å². The molecule has 4 aromatic rings. The fourth-order valence-corrected chi connectivity index (χ4v) is 3.91. The summed E-state index contributed by atoms with van der Waals surface area (Å²) in [5.74, 6) is -0.371. The first kappa shape index (κ1) is 24.2. The Labute approximate surface area is 208 Å². The molecule has 0 aliphatic heterocycles. The zero-order chi connectivity index (χ0) is 24.6. The highest BCUT2D eigenvalue weighted by atomic mass is 35.5. The summed E-state index contributed by atoms with van der Waals surface area (Å²) in [5.41, 5.74) is 2.14. The van der Waals surface area contributed by atoms with Crippen molar-refractivity contribution >= 4 is 23.4 Å². The molecular formula is C28H24ClFN2O3. The number of amides is 2. The van der Waals surface area contributed by atoms with Crippen LogP contribution >= 0.6 is 11.6 Å². The van der Waals surface area contributed by atoms with Gasteiger partial charge in [-0.15, -0.1) is 0 Å². The van der Waals surface area contributed by atoms with Gasteiger partial charge in [-0.25, -0.2) is 4.39 Å². The molecule has 0 spiro atoms. The van der Waals surface area contributed by atoms with E-state index in [2.05, 4.69) is 5.32 Å². The molecular weight excluding hydrogens is 467 g/mol. The standard InChI is InChI=1S/C28H24ClFN2O3/c29-23-12-8-20(9-13-23)17-26(33)32(19-21-10-14-24(30)15-11-21)27(22-5-2-1-3-6-22)28(34)31-18-25-7-4-16-35-25/h1-16,27H,17-19H2,(H,31,34). The van der Waals surface area contributed by atoms with Crippen LogP contribution in [0.1, 0.15) is 28.5 Å². The van der Waals surface area contributed by atoms with Crippen molar-refractivity contribution in [3.05, 3.63) is 131 Å². The van der Waals surface area contributed by atoms with E-state index in [-0.39, 0.29) is 37.1 Å². The molecule has 0 fully saturated rings. The molecule has 0 aliphatic carbocycles. The maximum atomic E-state index is 13.6. The normalized spacial score (nSPS) is 11.6. The zero-order valence-corrected chi connectivity index (χ0v) is 19.6. The highest BCUT2D eigenvalue weighted by Crippen LogP contribution is 2.25. The van der Waals surface area contributed by atoms with Crippen molar-refractivity contribution in [1.82, 2.24) is 10.2 Å². The lowest BCUT2D eigenvalue weighted by Crippen LogP contribution is -2.43. The van der Waals surface area contributed by atoms with Gasteiger partial charge in [0, 0.05) is 11.6 Å². The van der Waals surface area contributed by atoms with Crippen molar-refractivity contribution in [2.75, 3.05) is 0 Å². The Kier molecular flexibility index (Phi) is 7.95. The van der Waals surface area contributed by atoms with E-state index in [1.54, 1.807) is 48.5 Å². The van der Waals surface area contributed by atoms with Crippen molar-refractivity contribution in [3.63, 3.8) is 0 Å². The van der Waals surface area contributed by atoms with Gasteiger partial charge in [0.2, 0.25) is 11.8 Å². The first-order valence-corrected chi connectivity index (χ1v) is 11.5. The van der Waals surface area contributed by atoms with Crippen molar-refractivity contribution < 1.29 is 18.4 Å². The molecule has 178 valence electrons. The van der Waals surface area contributed by atoms with Crippen LogP contribution in [0.15, 0.2) is 102 Å². The fraction of sp³-hybridized carbons (Fsp3) is 0.143. The third-order valence-corrected chi connectivity index (χ3v) is 5.80. The number of benzene rings is 3. The number of carbonyl (C=O) groups is 2. The predicted octanol–water partition coefficient (Wildman–Crippen LogP) is 5.70. The third kappa shape index (κ3) is 6.58. The van der Waals surface area contributed by atoms with E-state index in [0.717, 1.165) is 5.56 Å². The van der Waals surface area contributed by atoms with Crippen molar-refractivity contribution in [2.45, 2.75) is 25.6 Å². The topological polar surface area (TPSA) is 62.6 Å². The molecule has 35 heavy (non-hydrogen) atoms. The second-order valence-corrected chi connectivity index (χ2v) is 8.50. The SMILES string of the molecule is O=C(NCc1ccco1)C(c1ccccc1)N(Cc1ccc(F)cc1)C(=O)Cc1ccc(Cl)cc1. The molecule has 2 amide bonds. The minimum Gasteiger partial charge on any atom is -0.467 e. The van der Waals surface area contributed by atoms with Crippen molar-refractivity contribution in [2.24, 2.45) is 0 Å². The van der Waals surface area contributed by atoms with E-state index < -0.39 is 6.04 Å². The molecule has 1 N–H and O–H groups in total. The first-order chi connectivity index (χ1) is 17.0. The number of hydrogen-bond acceptors (Lipinski definition) is 3. The number of carbonyl (C=O) groups excluding carboxylic acids is 2. The second kappa shape index (κ2) is 11.5. The molecule has 1 unspecified atom stereocenters. The van der Waals surface area contributed by atoms with E-state index >= 15 is 0 Å². The number of rotatable bonds is 9. The van der Waals surface area contributed by atoms with E-state index in [9.17, 15) is 14.0 Å². The molecule has 0 radical (unpaired) electrons. The summed E-state index contributed by atoms with van der Waals surface area (Å²) in [6, 6.07) is 24.6. The largest absolute Gasteiger partial charge is 0.467 e. The van der Waals surface area contributed by atoms with Gasteiger partial charge in [-0.05, 0) is 53.1 Å². The van der Waals surface area contributed by atoms with Crippen molar-refractivity contribution in [1.29, 1.82) is 0 Å². The van der Waals surface area contributed by atoms with Crippen LogP contribution < -0.4 is 5.32 Å². The molecule has 3 aromatic carbocycles. The van der Waals surface area contributed by atoms with Crippen LogP contribution in [0, 0.1) is 5.82 Å². The summed E-state index contributed by atoms with van der Waals surface area (Å²) in [4.78, 5) is 28.7. The van der Waals surface area contributed by atoms with Crippen LogP contribution in [-0.4, -0.2) is 16.7 Å². The molecule has 1 heterocycles. The maximum absolute atomic E-state index is 13.6. The van der Waals surface area contributed by atoms with Crippen LogP contribution in [0.25, 0.3) is 0 Å². The first-order valence-electron chi connectivity index (χ1n) is 11.1. The molecule has 7 heteroatoms. The van der Waals surface area contributed by atoms with Gasteiger partial charge in [0.25, 0.3) is 0 Å². The Balaban J connectivity index is 1.67. The van der Waals surface area contributed by atoms with Gasteiger partial charge in [-0.2, -0.15) is 0 Å². The Hall–Kier alpha value is -3.90. The van der Waals surface area contributed by atoms with Crippen LogP contribution in [-0.2, 0) is 29.1 Å². The Morgan fingerprint density at radius 2 is 1.57 bits per heavy atom. The second-order valence-electron chi connectivity index (χ2n) is 8.06.